The van der Waals surface area contributed by atoms with Crippen LogP contribution in [0.2, 0.25) is 10.0 Å². The Morgan fingerprint density at radius 1 is 1.21 bits per heavy atom. The van der Waals surface area contributed by atoms with Crippen molar-refractivity contribution in [3.63, 3.8) is 0 Å². The summed E-state index contributed by atoms with van der Waals surface area (Å²) in [6.45, 7) is 0.662. The summed E-state index contributed by atoms with van der Waals surface area (Å²) in [6.07, 6.45) is 6.48. The van der Waals surface area contributed by atoms with Crippen molar-refractivity contribution in [2.45, 2.75) is 18.9 Å². The maximum Gasteiger partial charge on any atom is 0.256 e. The fourth-order valence-corrected chi connectivity index (χ4v) is 3.45. The highest BCUT2D eigenvalue weighted by molar-refractivity contribution is 6.35. The number of halogens is 2. The van der Waals surface area contributed by atoms with E-state index in [4.69, 9.17) is 34.4 Å². The van der Waals surface area contributed by atoms with Crippen molar-refractivity contribution >= 4 is 40.7 Å². The van der Waals surface area contributed by atoms with Crippen molar-refractivity contribution in [2.24, 2.45) is 0 Å². The molecule has 1 N–H and O–H groups in total. The van der Waals surface area contributed by atoms with Crippen LogP contribution in [0.1, 0.15) is 23.2 Å². The number of nitrogens with one attached hydrogen (secondary N) is 1. The fraction of sp³-hybridized carbons (Fsp3) is 0.238. The third-order valence-corrected chi connectivity index (χ3v) is 4.98. The molecule has 3 rings (SSSR count). The highest BCUT2D eigenvalue weighted by Crippen LogP contribution is 2.27. The number of terminal acetylenes is 1. The number of carbonyl (C=O) groups is 2. The Hall–Kier alpha value is -2.68. The third-order valence-electron chi connectivity index (χ3n) is 4.42. The van der Waals surface area contributed by atoms with Crippen LogP contribution in [0.15, 0.2) is 42.5 Å². The van der Waals surface area contributed by atoms with Gasteiger partial charge in [-0.2, -0.15) is 0 Å². The van der Waals surface area contributed by atoms with Gasteiger partial charge < -0.3 is 15.0 Å². The van der Waals surface area contributed by atoms with Crippen molar-refractivity contribution in [3.05, 3.63) is 58.1 Å². The molecule has 0 aromatic heterocycles. The highest BCUT2D eigenvalue weighted by atomic mass is 35.5. The van der Waals surface area contributed by atoms with Gasteiger partial charge in [-0.05, 0) is 55.3 Å². The lowest BCUT2D eigenvalue weighted by Gasteiger charge is -2.24. The van der Waals surface area contributed by atoms with Gasteiger partial charge >= 0.3 is 0 Å². The molecular weight excluding hydrogens is 399 g/mol. The molecule has 2 aromatic carbocycles. The lowest BCUT2D eigenvalue weighted by Crippen LogP contribution is -2.43. The second-order valence-electron chi connectivity index (χ2n) is 6.29. The third kappa shape index (κ3) is 4.59. The quantitative estimate of drug-likeness (QED) is 0.741. The van der Waals surface area contributed by atoms with Crippen LogP contribution in [-0.4, -0.2) is 35.9 Å². The predicted octanol–water partition coefficient (Wildman–Crippen LogP) is 4.25. The molecule has 0 spiro atoms. The Balaban J connectivity index is 1.70. The zero-order chi connectivity index (χ0) is 20.1. The second kappa shape index (κ2) is 9.01. The number of carbonyl (C=O) groups excluding carboxylic acids is 2. The van der Waals surface area contributed by atoms with Crippen LogP contribution >= 0.6 is 23.2 Å². The van der Waals surface area contributed by atoms with Gasteiger partial charge in [0.1, 0.15) is 18.4 Å². The number of benzene rings is 2. The topological polar surface area (TPSA) is 58.6 Å². The first-order valence-electron chi connectivity index (χ1n) is 8.73. The summed E-state index contributed by atoms with van der Waals surface area (Å²) in [7, 11) is 0. The standard InChI is InChI=1S/C21H18Cl2N2O3/c1-2-12-28-16-8-6-15(7-9-16)24-20(26)19-4-3-11-25(19)21(27)17-13-14(22)5-10-18(17)23/h1,5-10,13,19H,3-4,11-12H2,(H,24,26). The molecule has 28 heavy (non-hydrogen) atoms. The van der Waals surface area contributed by atoms with Gasteiger partial charge in [0.15, 0.2) is 0 Å². The number of likely N-dealkylation sites (tertiary alicyclic amines) is 1. The zero-order valence-electron chi connectivity index (χ0n) is 15.0. The number of rotatable bonds is 5. The minimum Gasteiger partial charge on any atom is -0.481 e. The van der Waals surface area contributed by atoms with Crippen molar-refractivity contribution in [1.82, 2.24) is 4.90 Å². The summed E-state index contributed by atoms with van der Waals surface area (Å²) in [5.41, 5.74) is 0.905. The van der Waals surface area contributed by atoms with Gasteiger partial charge in [-0.1, -0.05) is 29.1 Å². The average molecular weight is 417 g/mol. The van der Waals surface area contributed by atoms with Gasteiger partial charge in [-0.15, -0.1) is 6.42 Å². The summed E-state index contributed by atoms with van der Waals surface area (Å²) >= 11 is 12.1. The van der Waals surface area contributed by atoms with Crippen LogP contribution < -0.4 is 10.1 Å². The van der Waals surface area contributed by atoms with E-state index >= 15 is 0 Å². The Labute approximate surface area is 173 Å². The fourth-order valence-electron chi connectivity index (χ4n) is 3.08. The molecule has 2 aromatic rings. The Bertz CT molecular complexity index is 922. The molecule has 0 radical (unpaired) electrons. The van der Waals surface area contributed by atoms with E-state index in [1.165, 1.54) is 11.0 Å². The molecule has 7 heteroatoms. The molecule has 1 aliphatic rings. The molecule has 1 aliphatic heterocycles. The Morgan fingerprint density at radius 3 is 2.68 bits per heavy atom. The van der Waals surface area contributed by atoms with Crippen LogP contribution in [0.4, 0.5) is 5.69 Å². The number of ether oxygens (including phenoxy) is 1. The van der Waals surface area contributed by atoms with Crippen LogP contribution in [0.5, 0.6) is 5.75 Å². The van der Waals surface area contributed by atoms with Crippen LogP contribution in [0.3, 0.4) is 0 Å². The molecular formula is C21H18Cl2N2O3. The Morgan fingerprint density at radius 2 is 1.96 bits per heavy atom. The van der Waals surface area contributed by atoms with E-state index in [2.05, 4.69) is 11.2 Å². The van der Waals surface area contributed by atoms with Crippen LogP contribution in [-0.2, 0) is 4.79 Å². The highest BCUT2D eigenvalue weighted by Gasteiger charge is 2.35. The SMILES string of the molecule is C#CCOc1ccc(NC(=O)C2CCCN2C(=O)c2cc(Cl)ccc2Cl)cc1. The molecule has 144 valence electrons. The number of amides is 2. The van der Waals surface area contributed by atoms with Crippen LogP contribution in [0, 0.1) is 12.3 Å². The van der Waals surface area contributed by atoms with E-state index in [1.54, 1.807) is 36.4 Å². The van der Waals surface area contributed by atoms with Gasteiger partial charge in [0.2, 0.25) is 5.91 Å². The van der Waals surface area contributed by atoms with E-state index in [9.17, 15) is 9.59 Å². The number of nitrogens with zero attached hydrogens (tertiary/aromatic N) is 1. The lowest BCUT2D eigenvalue weighted by molar-refractivity contribution is -0.119. The average Bonchev–Trinajstić information content (AvgIpc) is 3.19. The van der Waals surface area contributed by atoms with E-state index in [0.717, 1.165) is 6.42 Å². The van der Waals surface area contributed by atoms with Gasteiger partial charge in [0.05, 0.1) is 10.6 Å². The zero-order valence-corrected chi connectivity index (χ0v) is 16.5. The van der Waals surface area contributed by atoms with E-state index < -0.39 is 6.04 Å². The molecule has 1 fully saturated rings. The molecule has 0 saturated carbocycles. The monoisotopic (exact) mass is 416 g/mol. The summed E-state index contributed by atoms with van der Waals surface area (Å²) in [5.74, 6) is 2.45. The maximum atomic E-state index is 12.9. The molecule has 5 nitrogen and oxygen atoms in total. The van der Waals surface area contributed by atoms with Gasteiger partial charge in [0, 0.05) is 17.3 Å². The van der Waals surface area contributed by atoms with Crippen molar-refractivity contribution in [3.8, 4) is 18.1 Å². The molecule has 1 heterocycles. The van der Waals surface area contributed by atoms with Gasteiger partial charge in [-0.25, -0.2) is 0 Å². The molecule has 2 amide bonds. The summed E-state index contributed by atoms with van der Waals surface area (Å²) in [4.78, 5) is 27.2. The number of hydrogen-bond donors (Lipinski definition) is 1. The summed E-state index contributed by atoms with van der Waals surface area (Å²) in [6, 6.07) is 11.0. The molecule has 0 aliphatic carbocycles. The predicted molar refractivity (Wildman–Crippen MR) is 110 cm³/mol. The van der Waals surface area contributed by atoms with Crippen molar-refractivity contribution < 1.29 is 14.3 Å². The lowest BCUT2D eigenvalue weighted by atomic mass is 10.1. The number of anilines is 1. The van der Waals surface area contributed by atoms with Crippen LogP contribution in [0.25, 0.3) is 0 Å². The molecule has 0 bridgehead atoms. The van der Waals surface area contributed by atoms with Gasteiger partial charge in [0.25, 0.3) is 5.91 Å². The van der Waals surface area contributed by atoms with E-state index in [1.807, 2.05) is 0 Å². The maximum absolute atomic E-state index is 12.9. The molecule has 1 saturated heterocycles. The largest absolute Gasteiger partial charge is 0.481 e. The minimum atomic E-state index is -0.570. The second-order valence-corrected chi connectivity index (χ2v) is 7.13. The first-order chi connectivity index (χ1) is 13.5. The number of hydrogen-bond acceptors (Lipinski definition) is 3. The van der Waals surface area contributed by atoms with E-state index in [0.29, 0.717) is 40.0 Å². The van der Waals surface area contributed by atoms with Crippen molar-refractivity contribution in [2.75, 3.05) is 18.5 Å². The summed E-state index contributed by atoms with van der Waals surface area (Å²) < 4.78 is 5.31. The van der Waals surface area contributed by atoms with E-state index in [-0.39, 0.29) is 18.4 Å². The normalized spacial score (nSPS) is 15.8. The first-order valence-corrected chi connectivity index (χ1v) is 9.48. The minimum absolute atomic E-state index is 0.177. The Kier molecular flexibility index (Phi) is 6.45. The van der Waals surface area contributed by atoms with Gasteiger partial charge in [-0.3, -0.25) is 9.59 Å². The summed E-state index contributed by atoms with van der Waals surface area (Å²) in [5, 5.41) is 3.57. The van der Waals surface area contributed by atoms with Crippen molar-refractivity contribution in [1.29, 1.82) is 0 Å². The first kappa shape index (κ1) is 20.1. The molecule has 1 unspecified atom stereocenters. The smallest absolute Gasteiger partial charge is 0.256 e. The molecule has 1 atom stereocenters.